The summed E-state index contributed by atoms with van der Waals surface area (Å²) in [6.07, 6.45) is 1.15. The number of nitrogens with one attached hydrogen (secondary N) is 1. The van der Waals surface area contributed by atoms with Crippen molar-refractivity contribution >= 4 is 17.3 Å². The highest BCUT2D eigenvalue weighted by atomic mass is 35.5. The monoisotopic (exact) mass is 283 g/mol. The normalized spacial score (nSPS) is 11.1. The Morgan fingerprint density at radius 1 is 1.16 bits per heavy atom. The van der Waals surface area contributed by atoms with Crippen LogP contribution in [-0.4, -0.2) is 45.7 Å². The Bertz CT molecular complexity index is 380. The third-order valence-corrected chi connectivity index (χ3v) is 3.49. The highest BCUT2D eigenvalue weighted by molar-refractivity contribution is 6.31. The molecule has 1 rings (SSSR count). The fraction of sp³-hybridized carbons (Fsp3) is 0.600. The van der Waals surface area contributed by atoms with Crippen LogP contribution in [0.3, 0.4) is 0 Å². The van der Waals surface area contributed by atoms with E-state index in [1.54, 1.807) is 0 Å². The predicted octanol–water partition coefficient (Wildman–Crippen LogP) is 2.84. The summed E-state index contributed by atoms with van der Waals surface area (Å²) in [7, 11) is 6.32. The van der Waals surface area contributed by atoms with E-state index in [-0.39, 0.29) is 0 Å². The second-order valence-electron chi connectivity index (χ2n) is 5.13. The summed E-state index contributed by atoms with van der Waals surface area (Å²) in [6, 6.07) is 6.32. The lowest BCUT2D eigenvalue weighted by atomic mass is 10.2. The predicted molar refractivity (Wildman–Crippen MR) is 85.3 cm³/mol. The minimum atomic E-state index is 0.833. The zero-order valence-electron chi connectivity index (χ0n) is 12.5. The average molecular weight is 284 g/mol. The van der Waals surface area contributed by atoms with E-state index in [0.29, 0.717) is 0 Å². The molecule has 108 valence electrons. The van der Waals surface area contributed by atoms with Crippen molar-refractivity contribution in [1.82, 2.24) is 10.2 Å². The molecule has 0 bridgehead atoms. The van der Waals surface area contributed by atoms with Gasteiger partial charge in [0.15, 0.2) is 0 Å². The Kier molecular flexibility index (Phi) is 7.21. The summed E-state index contributed by atoms with van der Waals surface area (Å²) in [6.45, 7) is 6.04. The van der Waals surface area contributed by atoms with Crippen LogP contribution in [0.25, 0.3) is 0 Å². The van der Waals surface area contributed by atoms with Gasteiger partial charge in [0.1, 0.15) is 0 Å². The Labute approximate surface area is 122 Å². The zero-order valence-corrected chi connectivity index (χ0v) is 13.3. The lowest BCUT2D eigenvalue weighted by Crippen LogP contribution is -2.23. The molecule has 0 aliphatic carbocycles. The topological polar surface area (TPSA) is 18.5 Å². The highest BCUT2D eigenvalue weighted by Gasteiger charge is 2.05. The minimum Gasteiger partial charge on any atom is -0.375 e. The summed E-state index contributed by atoms with van der Waals surface area (Å²) in [5, 5.41) is 4.14. The first-order valence-corrected chi connectivity index (χ1v) is 7.27. The van der Waals surface area contributed by atoms with Gasteiger partial charge in [-0.05, 0) is 51.3 Å². The Morgan fingerprint density at radius 2 is 1.89 bits per heavy atom. The van der Waals surface area contributed by atoms with Gasteiger partial charge in [0, 0.05) is 30.8 Å². The first kappa shape index (κ1) is 16.3. The SMILES string of the molecule is CCNCc1ccc(N(C)CCCN(C)C)cc1Cl. The summed E-state index contributed by atoms with van der Waals surface area (Å²) in [4.78, 5) is 4.47. The maximum absolute atomic E-state index is 6.32. The van der Waals surface area contributed by atoms with Crippen molar-refractivity contribution in [2.45, 2.75) is 19.9 Å². The average Bonchev–Trinajstić information content (AvgIpc) is 2.36. The van der Waals surface area contributed by atoms with Crippen LogP contribution in [0.5, 0.6) is 0 Å². The quantitative estimate of drug-likeness (QED) is 0.791. The molecule has 0 aliphatic rings. The van der Waals surface area contributed by atoms with Gasteiger partial charge in [-0.1, -0.05) is 24.6 Å². The highest BCUT2D eigenvalue weighted by Crippen LogP contribution is 2.23. The molecule has 19 heavy (non-hydrogen) atoms. The van der Waals surface area contributed by atoms with Crippen molar-refractivity contribution in [2.75, 3.05) is 45.7 Å². The van der Waals surface area contributed by atoms with Gasteiger partial charge < -0.3 is 15.1 Å². The van der Waals surface area contributed by atoms with Gasteiger partial charge in [0.25, 0.3) is 0 Å². The molecule has 1 N–H and O–H groups in total. The Hall–Kier alpha value is -0.770. The molecule has 1 aromatic carbocycles. The van der Waals surface area contributed by atoms with Gasteiger partial charge in [-0.25, -0.2) is 0 Å². The lowest BCUT2D eigenvalue weighted by molar-refractivity contribution is 0.401. The maximum atomic E-state index is 6.32. The maximum Gasteiger partial charge on any atom is 0.0471 e. The van der Waals surface area contributed by atoms with E-state index in [0.717, 1.165) is 43.2 Å². The fourth-order valence-corrected chi connectivity index (χ4v) is 2.17. The molecule has 0 amide bonds. The molecule has 0 saturated carbocycles. The first-order valence-electron chi connectivity index (χ1n) is 6.89. The van der Waals surface area contributed by atoms with Crippen molar-refractivity contribution in [2.24, 2.45) is 0 Å². The van der Waals surface area contributed by atoms with E-state index >= 15 is 0 Å². The number of nitrogens with zero attached hydrogens (tertiary/aromatic N) is 2. The molecule has 3 nitrogen and oxygen atoms in total. The third-order valence-electron chi connectivity index (χ3n) is 3.14. The van der Waals surface area contributed by atoms with Crippen LogP contribution in [-0.2, 0) is 6.54 Å². The number of rotatable bonds is 8. The van der Waals surface area contributed by atoms with Gasteiger partial charge >= 0.3 is 0 Å². The van der Waals surface area contributed by atoms with E-state index in [9.17, 15) is 0 Å². The molecule has 0 unspecified atom stereocenters. The molecule has 0 spiro atoms. The van der Waals surface area contributed by atoms with Crippen molar-refractivity contribution in [3.63, 3.8) is 0 Å². The summed E-state index contributed by atoms with van der Waals surface area (Å²) in [5.41, 5.74) is 2.35. The number of halogens is 1. The number of hydrogen-bond donors (Lipinski definition) is 1. The third kappa shape index (κ3) is 5.81. The molecule has 0 saturated heterocycles. The Balaban J connectivity index is 2.56. The van der Waals surface area contributed by atoms with Crippen molar-refractivity contribution in [3.8, 4) is 0 Å². The van der Waals surface area contributed by atoms with Crippen LogP contribution >= 0.6 is 11.6 Å². The first-order chi connectivity index (χ1) is 9.04. The second kappa shape index (κ2) is 8.41. The molecule has 1 aromatic rings. The number of hydrogen-bond acceptors (Lipinski definition) is 3. The molecule has 0 aromatic heterocycles. The van der Waals surface area contributed by atoms with Crippen molar-refractivity contribution in [3.05, 3.63) is 28.8 Å². The standard InChI is InChI=1S/C15H26ClN3/c1-5-17-12-13-7-8-14(11-15(13)16)19(4)10-6-9-18(2)3/h7-8,11,17H,5-6,9-10,12H2,1-4H3. The minimum absolute atomic E-state index is 0.833. The van der Waals surface area contributed by atoms with Crippen LogP contribution in [0, 0.1) is 0 Å². The van der Waals surface area contributed by atoms with Crippen molar-refractivity contribution in [1.29, 1.82) is 0 Å². The number of benzene rings is 1. The van der Waals surface area contributed by atoms with E-state index in [4.69, 9.17) is 11.6 Å². The molecule has 0 atom stereocenters. The second-order valence-corrected chi connectivity index (χ2v) is 5.54. The summed E-state index contributed by atoms with van der Waals surface area (Å²) >= 11 is 6.32. The van der Waals surface area contributed by atoms with E-state index in [1.165, 1.54) is 5.69 Å². The van der Waals surface area contributed by atoms with Gasteiger partial charge in [0.05, 0.1) is 0 Å². The molecular formula is C15H26ClN3. The smallest absolute Gasteiger partial charge is 0.0471 e. The largest absolute Gasteiger partial charge is 0.375 e. The van der Waals surface area contributed by atoms with Gasteiger partial charge in [0.2, 0.25) is 0 Å². The molecule has 0 fully saturated rings. The Morgan fingerprint density at radius 3 is 2.47 bits per heavy atom. The molecule has 0 heterocycles. The van der Waals surface area contributed by atoms with Crippen LogP contribution < -0.4 is 10.2 Å². The van der Waals surface area contributed by atoms with Crippen LogP contribution in [0.15, 0.2) is 18.2 Å². The van der Waals surface area contributed by atoms with Crippen LogP contribution in [0.1, 0.15) is 18.9 Å². The molecule has 4 heteroatoms. The molecular weight excluding hydrogens is 258 g/mol. The summed E-state index contributed by atoms with van der Waals surface area (Å²) in [5.74, 6) is 0. The van der Waals surface area contributed by atoms with Crippen LogP contribution in [0.4, 0.5) is 5.69 Å². The zero-order chi connectivity index (χ0) is 14.3. The van der Waals surface area contributed by atoms with E-state index in [1.807, 2.05) is 0 Å². The fourth-order valence-electron chi connectivity index (χ4n) is 1.93. The van der Waals surface area contributed by atoms with E-state index in [2.05, 4.69) is 61.4 Å². The van der Waals surface area contributed by atoms with E-state index < -0.39 is 0 Å². The van der Waals surface area contributed by atoms with Crippen LogP contribution in [0.2, 0.25) is 5.02 Å². The van der Waals surface area contributed by atoms with Gasteiger partial charge in [-0.3, -0.25) is 0 Å². The lowest BCUT2D eigenvalue weighted by Gasteiger charge is -2.21. The molecule has 0 radical (unpaired) electrons. The molecule has 0 aliphatic heterocycles. The summed E-state index contributed by atoms with van der Waals surface area (Å²) < 4.78 is 0. The van der Waals surface area contributed by atoms with Gasteiger partial charge in [-0.15, -0.1) is 0 Å². The number of anilines is 1. The van der Waals surface area contributed by atoms with Crippen molar-refractivity contribution < 1.29 is 0 Å². The van der Waals surface area contributed by atoms with Gasteiger partial charge in [-0.2, -0.15) is 0 Å².